The Bertz CT molecular complexity index is 603. The molecule has 0 spiro atoms. The molecule has 0 saturated carbocycles. The molecule has 142 valence electrons. The van der Waals surface area contributed by atoms with E-state index in [0.29, 0.717) is 5.92 Å². The van der Waals surface area contributed by atoms with Gasteiger partial charge in [0.15, 0.2) is 0 Å². The first kappa shape index (κ1) is 18.9. The third-order valence-electron chi connectivity index (χ3n) is 6.13. The third-order valence-corrected chi connectivity index (χ3v) is 6.13. The van der Waals surface area contributed by atoms with Crippen LogP contribution in [0, 0.1) is 11.8 Å². The van der Waals surface area contributed by atoms with Gasteiger partial charge in [0.05, 0.1) is 6.04 Å². The van der Waals surface area contributed by atoms with Crippen LogP contribution in [0.15, 0.2) is 30.3 Å². The first-order chi connectivity index (χ1) is 12.5. The molecule has 0 unspecified atom stereocenters. The molecule has 26 heavy (non-hydrogen) atoms. The van der Waals surface area contributed by atoms with Crippen LogP contribution in [0.5, 0.6) is 0 Å². The second-order valence-electron chi connectivity index (χ2n) is 7.85. The van der Waals surface area contributed by atoms with E-state index in [1.807, 2.05) is 11.8 Å². The summed E-state index contributed by atoms with van der Waals surface area (Å²) in [5, 5.41) is 0. The molecule has 5 heteroatoms. The maximum Gasteiger partial charge on any atom is 0.239 e. The maximum atomic E-state index is 12.9. The number of carbonyl (C=O) groups excluding carboxylic acids is 2. The second kappa shape index (κ2) is 8.67. The molecule has 5 nitrogen and oxygen atoms in total. The van der Waals surface area contributed by atoms with E-state index in [9.17, 15) is 9.59 Å². The number of hydrogen-bond donors (Lipinski definition) is 1. The molecule has 1 aromatic carbocycles. The van der Waals surface area contributed by atoms with E-state index in [4.69, 9.17) is 5.73 Å². The van der Waals surface area contributed by atoms with E-state index < -0.39 is 0 Å². The van der Waals surface area contributed by atoms with Crippen molar-refractivity contribution in [2.24, 2.45) is 17.6 Å². The van der Waals surface area contributed by atoms with Crippen molar-refractivity contribution in [2.45, 2.75) is 45.1 Å². The largest absolute Gasteiger partial charge is 0.369 e. The fourth-order valence-electron chi connectivity index (χ4n) is 4.30. The summed E-state index contributed by atoms with van der Waals surface area (Å²) in [6, 6.07) is 10.5. The summed E-state index contributed by atoms with van der Waals surface area (Å²) in [5.41, 5.74) is 6.79. The lowest BCUT2D eigenvalue weighted by atomic mass is 9.90. The van der Waals surface area contributed by atoms with Crippen molar-refractivity contribution in [2.75, 3.05) is 26.2 Å². The van der Waals surface area contributed by atoms with Gasteiger partial charge in [-0.15, -0.1) is 0 Å². The highest BCUT2D eigenvalue weighted by molar-refractivity contribution is 5.81. The number of nitrogens with zero attached hydrogens (tertiary/aromatic N) is 2. The highest BCUT2D eigenvalue weighted by atomic mass is 16.2. The number of hydrogen-bond acceptors (Lipinski definition) is 3. The van der Waals surface area contributed by atoms with Gasteiger partial charge in [-0.1, -0.05) is 30.3 Å². The van der Waals surface area contributed by atoms with Gasteiger partial charge in [-0.2, -0.15) is 0 Å². The van der Waals surface area contributed by atoms with E-state index in [1.165, 1.54) is 5.56 Å². The molecule has 1 aromatic rings. The summed E-state index contributed by atoms with van der Waals surface area (Å²) >= 11 is 0. The Morgan fingerprint density at radius 1 is 1.04 bits per heavy atom. The second-order valence-corrected chi connectivity index (χ2v) is 7.85. The molecule has 2 aliphatic rings. The number of benzene rings is 1. The van der Waals surface area contributed by atoms with Gasteiger partial charge in [-0.05, 0) is 63.6 Å². The standard InChI is InChI=1S/C21H31N3O2/c1-16(23-13-9-19(10-14-23)20(22)25)21(26)24-11-7-18(8-12-24)15-17-5-3-2-4-6-17/h2-6,16,18-19H,7-15H2,1H3,(H2,22,25)/t16-/m1/s1. The molecule has 3 rings (SSSR count). The van der Waals surface area contributed by atoms with Crippen LogP contribution in [0.25, 0.3) is 0 Å². The molecule has 0 aliphatic carbocycles. The van der Waals surface area contributed by atoms with Crippen LogP contribution in [-0.4, -0.2) is 53.8 Å². The van der Waals surface area contributed by atoms with Gasteiger partial charge in [0, 0.05) is 19.0 Å². The Morgan fingerprint density at radius 2 is 1.65 bits per heavy atom. The Balaban J connectivity index is 1.45. The van der Waals surface area contributed by atoms with Gasteiger partial charge in [0.25, 0.3) is 0 Å². The monoisotopic (exact) mass is 357 g/mol. The number of carbonyl (C=O) groups is 2. The fraction of sp³-hybridized carbons (Fsp3) is 0.619. The summed E-state index contributed by atoms with van der Waals surface area (Å²) in [4.78, 5) is 28.4. The lowest BCUT2D eigenvalue weighted by molar-refractivity contribution is -0.138. The predicted molar refractivity (Wildman–Crippen MR) is 102 cm³/mol. The van der Waals surface area contributed by atoms with Crippen molar-refractivity contribution >= 4 is 11.8 Å². The molecule has 2 N–H and O–H groups in total. The molecule has 0 bridgehead atoms. The number of piperidine rings is 2. The van der Waals surface area contributed by atoms with Crippen LogP contribution in [0.1, 0.15) is 38.2 Å². The molecule has 1 atom stereocenters. The number of amides is 2. The van der Waals surface area contributed by atoms with E-state index in [1.54, 1.807) is 0 Å². The third kappa shape index (κ3) is 4.64. The van der Waals surface area contributed by atoms with Crippen molar-refractivity contribution in [3.8, 4) is 0 Å². The summed E-state index contributed by atoms with van der Waals surface area (Å²) in [7, 11) is 0. The Hall–Kier alpha value is -1.88. The number of primary amides is 1. The van der Waals surface area contributed by atoms with E-state index in [0.717, 1.165) is 58.3 Å². The van der Waals surface area contributed by atoms with Crippen LogP contribution in [-0.2, 0) is 16.0 Å². The van der Waals surface area contributed by atoms with Crippen molar-refractivity contribution in [3.05, 3.63) is 35.9 Å². The van der Waals surface area contributed by atoms with E-state index in [-0.39, 0.29) is 23.8 Å². The van der Waals surface area contributed by atoms with Gasteiger partial charge in [-0.3, -0.25) is 14.5 Å². The minimum absolute atomic E-state index is 0.0257. The average molecular weight is 357 g/mol. The smallest absolute Gasteiger partial charge is 0.239 e. The van der Waals surface area contributed by atoms with Gasteiger partial charge < -0.3 is 10.6 Å². The first-order valence-corrected chi connectivity index (χ1v) is 9.90. The SMILES string of the molecule is C[C@H](C(=O)N1CCC(Cc2ccccc2)CC1)N1CCC(C(N)=O)CC1. The van der Waals surface area contributed by atoms with E-state index in [2.05, 4.69) is 35.2 Å². The number of likely N-dealkylation sites (tertiary alicyclic amines) is 2. The van der Waals surface area contributed by atoms with Crippen LogP contribution in [0.3, 0.4) is 0 Å². The van der Waals surface area contributed by atoms with Crippen LogP contribution < -0.4 is 5.73 Å². The highest BCUT2D eigenvalue weighted by Gasteiger charge is 2.32. The highest BCUT2D eigenvalue weighted by Crippen LogP contribution is 2.24. The summed E-state index contributed by atoms with van der Waals surface area (Å²) < 4.78 is 0. The summed E-state index contributed by atoms with van der Waals surface area (Å²) in [6.07, 6.45) is 4.81. The van der Waals surface area contributed by atoms with Crippen molar-refractivity contribution in [1.82, 2.24) is 9.80 Å². The van der Waals surface area contributed by atoms with Crippen LogP contribution in [0.2, 0.25) is 0 Å². The molecule has 0 radical (unpaired) electrons. The van der Waals surface area contributed by atoms with Crippen molar-refractivity contribution in [3.63, 3.8) is 0 Å². The molecule has 2 saturated heterocycles. The van der Waals surface area contributed by atoms with Gasteiger partial charge >= 0.3 is 0 Å². The summed E-state index contributed by atoms with van der Waals surface area (Å²) in [5.74, 6) is 0.676. The molecule has 2 fully saturated rings. The Morgan fingerprint density at radius 3 is 2.23 bits per heavy atom. The quantitative estimate of drug-likeness (QED) is 0.877. The zero-order valence-electron chi connectivity index (χ0n) is 15.8. The number of rotatable bonds is 5. The van der Waals surface area contributed by atoms with E-state index >= 15 is 0 Å². The van der Waals surface area contributed by atoms with Crippen molar-refractivity contribution in [1.29, 1.82) is 0 Å². The molecular formula is C21H31N3O2. The molecule has 2 aliphatic heterocycles. The lowest BCUT2D eigenvalue weighted by Crippen LogP contribution is -2.52. The van der Waals surface area contributed by atoms with Crippen molar-refractivity contribution < 1.29 is 9.59 Å². The van der Waals surface area contributed by atoms with Gasteiger partial charge in [0.1, 0.15) is 0 Å². The Labute approximate surface area is 156 Å². The molecule has 2 heterocycles. The molecule has 2 amide bonds. The zero-order chi connectivity index (χ0) is 18.5. The maximum absolute atomic E-state index is 12.9. The molecule has 0 aromatic heterocycles. The van der Waals surface area contributed by atoms with Gasteiger partial charge in [0.2, 0.25) is 11.8 Å². The topological polar surface area (TPSA) is 66.6 Å². The minimum atomic E-state index is -0.205. The van der Waals surface area contributed by atoms with Crippen LogP contribution in [0.4, 0.5) is 0 Å². The minimum Gasteiger partial charge on any atom is -0.369 e. The predicted octanol–water partition coefficient (Wildman–Crippen LogP) is 2.05. The Kier molecular flexibility index (Phi) is 6.30. The average Bonchev–Trinajstić information content (AvgIpc) is 2.68. The lowest BCUT2D eigenvalue weighted by Gasteiger charge is -2.39. The van der Waals surface area contributed by atoms with Gasteiger partial charge in [-0.25, -0.2) is 0 Å². The van der Waals surface area contributed by atoms with Crippen LogP contribution >= 0.6 is 0 Å². The zero-order valence-corrected chi connectivity index (χ0v) is 15.8. The fourth-order valence-corrected chi connectivity index (χ4v) is 4.30. The molecular weight excluding hydrogens is 326 g/mol. The first-order valence-electron chi connectivity index (χ1n) is 9.90. The normalized spacial score (nSPS) is 21.5. The summed E-state index contributed by atoms with van der Waals surface area (Å²) in [6.45, 7) is 5.29. The number of nitrogens with two attached hydrogens (primary N) is 1.